The Balaban J connectivity index is 1.52. The summed E-state index contributed by atoms with van der Waals surface area (Å²) in [5.74, 6) is 0.639. The van der Waals surface area contributed by atoms with E-state index in [0.717, 1.165) is 12.8 Å². The summed E-state index contributed by atoms with van der Waals surface area (Å²) >= 11 is 0. The van der Waals surface area contributed by atoms with E-state index < -0.39 is 5.41 Å². The van der Waals surface area contributed by atoms with Crippen LogP contribution in [-0.2, 0) is 11.8 Å². The van der Waals surface area contributed by atoms with Gasteiger partial charge in [0.1, 0.15) is 17.3 Å². The molecule has 0 bridgehead atoms. The molecule has 29 heavy (non-hydrogen) atoms. The summed E-state index contributed by atoms with van der Waals surface area (Å²) in [7, 11) is 0. The van der Waals surface area contributed by atoms with E-state index in [1.807, 2.05) is 6.92 Å². The van der Waals surface area contributed by atoms with Crippen molar-refractivity contribution in [1.82, 2.24) is 14.9 Å². The maximum Gasteiger partial charge on any atom is 0.270 e. The standard InChI is InChI=1S/C22H22FN3O3/c1-22(21-24-13-16(29-21)12-15-6-2-3-7-17(15)23)10-5-11-26(14-22)20(28)18-8-4-9-19(27)25-18/h2-4,6-9,13H,5,10-12,14H2,1H3,(H,25,27). The van der Waals surface area contributed by atoms with Gasteiger partial charge in [0, 0.05) is 25.6 Å². The largest absolute Gasteiger partial charge is 0.445 e. The quantitative estimate of drug-likeness (QED) is 0.735. The van der Waals surface area contributed by atoms with Gasteiger partial charge in [-0.15, -0.1) is 0 Å². The number of oxazole rings is 1. The lowest BCUT2D eigenvalue weighted by atomic mass is 9.81. The molecule has 0 spiro atoms. The van der Waals surface area contributed by atoms with Crippen LogP contribution in [0.2, 0.25) is 0 Å². The van der Waals surface area contributed by atoms with Gasteiger partial charge in [0.25, 0.3) is 5.91 Å². The molecule has 1 amide bonds. The number of likely N-dealkylation sites (tertiary alicyclic amines) is 1. The zero-order valence-corrected chi connectivity index (χ0v) is 16.2. The highest BCUT2D eigenvalue weighted by Gasteiger charge is 2.38. The first kappa shape index (κ1) is 19.1. The summed E-state index contributed by atoms with van der Waals surface area (Å²) in [4.78, 5) is 33.1. The van der Waals surface area contributed by atoms with Gasteiger partial charge in [-0.1, -0.05) is 24.3 Å². The third kappa shape index (κ3) is 3.99. The molecule has 1 fully saturated rings. The highest BCUT2D eigenvalue weighted by molar-refractivity contribution is 5.92. The average molecular weight is 395 g/mol. The zero-order valence-electron chi connectivity index (χ0n) is 16.2. The van der Waals surface area contributed by atoms with Crippen molar-refractivity contribution in [2.75, 3.05) is 13.1 Å². The third-order valence-corrected chi connectivity index (χ3v) is 5.37. The molecule has 3 heterocycles. The molecule has 150 valence electrons. The minimum absolute atomic E-state index is 0.216. The maximum absolute atomic E-state index is 13.9. The van der Waals surface area contributed by atoms with Gasteiger partial charge in [-0.25, -0.2) is 9.37 Å². The Hall–Kier alpha value is -3.22. The van der Waals surface area contributed by atoms with E-state index in [1.54, 1.807) is 41.4 Å². The molecule has 1 aliphatic rings. The van der Waals surface area contributed by atoms with Crippen molar-refractivity contribution in [2.24, 2.45) is 0 Å². The van der Waals surface area contributed by atoms with Crippen LogP contribution in [0.5, 0.6) is 0 Å². The number of nitrogens with zero attached hydrogens (tertiary/aromatic N) is 2. The van der Waals surface area contributed by atoms with Crippen LogP contribution in [0.3, 0.4) is 0 Å². The smallest absolute Gasteiger partial charge is 0.270 e. The van der Waals surface area contributed by atoms with Gasteiger partial charge in [-0.2, -0.15) is 0 Å². The van der Waals surface area contributed by atoms with E-state index in [1.165, 1.54) is 12.1 Å². The number of aromatic nitrogens is 2. The number of amides is 1. The van der Waals surface area contributed by atoms with Crippen LogP contribution in [0.25, 0.3) is 0 Å². The molecule has 1 unspecified atom stereocenters. The Labute approximate surface area is 167 Å². The van der Waals surface area contributed by atoms with Crippen molar-refractivity contribution in [3.8, 4) is 0 Å². The second-order valence-corrected chi connectivity index (χ2v) is 7.72. The number of halogens is 1. The molecule has 0 radical (unpaired) electrons. The summed E-state index contributed by atoms with van der Waals surface area (Å²) in [5.41, 5.74) is 0.0700. The van der Waals surface area contributed by atoms with Gasteiger partial charge in [-0.3, -0.25) is 9.59 Å². The van der Waals surface area contributed by atoms with E-state index in [-0.39, 0.29) is 23.0 Å². The maximum atomic E-state index is 13.9. The number of rotatable bonds is 4. The van der Waals surface area contributed by atoms with Crippen LogP contribution in [0, 0.1) is 5.82 Å². The van der Waals surface area contributed by atoms with Crippen LogP contribution < -0.4 is 5.56 Å². The summed E-state index contributed by atoms with van der Waals surface area (Å²) in [5, 5.41) is 0. The van der Waals surface area contributed by atoms with Gasteiger partial charge >= 0.3 is 0 Å². The molecule has 2 aromatic heterocycles. The number of hydrogen-bond acceptors (Lipinski definition) is 4. The summed E-state index contributed by atoms with van der Waals surface area (Å²) in [6, 6.07) is 11.1. The number of pyridine rings is 1. The minimum Gasteiger partial charge on any atom is -0.445 e. The van der Waals surface area contributed by atoms with Crippen LogP contribution in [0.4, 0.5) is 4.39 Å². The Bertz CT molecular complexity index is 1090. The molecule has 0 saturated carbocycles. The molecule has 4 rings (SSSR count). The number of benzene rings is 1. The fourth-order valence-electron chi connectivity index (χ4n) is 3.83. The molecule has 1 aromatic carbocycles. The number of piperidine rings is 1. The molecule has 0 aliphatic carbocycles. The first-order chi connectivity index (χ1) is 13.9. The van der Waals surface area contributed by atoms with Gasteiger partial charge in [-0.05, 0) is 37.5 Å². The van der Waals surface area contributed by atoms with E-state index in [0.29, 0.717) is 36.7 Å². The van der Waals surface area contributed by atoms with Gasteiger partial charge in [0.15, 0.2) is 0 Å². The lowest BCUT2D eigenvalue weighted by Gasteiger charge is -2.38. The Morgan fingerprint density at radius 2 is 2.10 bits per heavy atom. The second kappa shape index (κ2) is 7.66. The molecule has 1 aliphatic heterocycles. The van der Waals surface area contributed by atoms with Crippen LogP contribution >= 0.6 is 0 Å². The number of H-pyrrole nitrogens is 1. The van der Waals surface area contributed by atoms with Crippen molar-refractivity contribution in [2.45, 2.75) is 31.6 Å². The monoisotopic (exact) mass is 395 g/mol. The van der Waals surface area contributed by atoms with Gasteiger partial charge < -0.3 is 14.3 Å². The second-order valence-electron chi connectivity index (χ2n) is 7.72. The van der Waals surface area contributed by atoms with Crippen molar-refractivity contribution >= 4 is 5.91 Å². The number of carbonyl (C=O) groups is 1. The van der Waals surface area contributed by atoms with Crippen molar-refractivity contribution in [1.29, 1.82) is 0 Å². The van der Waals surface area contributed by atoms with Gasteiger partial charge in [0.2, 0.25) is 11.4 Å². The number of hydrogen-bond donors (Lipinski definition) is 1. The van der Waals surface area contributed by atoms with E-state index >= 15 is 0 Å². The van der Waals surface area contributed by atoms with Crippen molar-refractivity contribution in [3.63, 3.8) is 0 Å². The SMILES string of the molecule is CC1(c2ncc(Cc3ccccc3F)o2)CCCN(C(=O)c2cccc(=O)[nH]2)C1. The van der Waals surface area contributed by atoms with Crippen LogP contribution in [0.15, 0.2) is 57.9 Å². The predicted octanol–water partition coefficient (Wildman–Crippen LogP) is 3.29. The van der Waals surface area contributed by atoms with E-state index in [9.17, 15) is 14.0 Å². The van der Waals surface area contributed by atoms with Crippen LogP contribution in [0.1, 0.15) is 47.5 Å². The highest BCUT2D eigenvalue weighted by atomic mass is 19.1. The normalized spacial score (nSPS) is 19.3. The number of aromatic amines is 1. The lowest BCUT2D eigenvalue weighted by Crippen LogP contribution is -2.47. The van der Waals surface area contributed by atoms with E-state index in [4.69, 9.17) is 4.42 Å². The fraction of sp³-hybridized carbons (Fsp3) is 0.318. The third-order valence-electron chi connectivity index (χ3n) is 5.37. The summed E-state index contributed by atoms with van der Waals surface area (Å²) < 4.78 is 19.9. The van der Waals surface area contributed by atoms with E-state index in [2.05, 4.69) is 9.97 Å². The minimum atomic E-state index is -0.448. The Morgan fingerprint density at radius 1 is 1.28 bits per heavy atom. The highest BCUT2D eigenvalue weighted by Crippen LogP contribution is 2.34. The first-order valence-corrected chi connectivity index (χ1v) is 9.62. The number of nitrogens with one attached hydrogen (secondary N) is 1. The molecular formula is C22H22FN3O3. The predicted molar refractivity (Wildman–Crippen MR) is 105 cm³/mol. The van der Waals surface area contributed by atoms with Crippen molar-refractivity contribution < 1.29 is 13.6 Å². The topological polar surface area (TPSA) is 79.2 Å². The molecular weight excluding hydrogens is 373 g/mol. The zero-order chi connectivity index (χ0) is 20.4. The van der Waals surface area contributed by atoms with Crippen molar-refractivity contribution in [3.05, 3.63) is 87.7 Å². The lowest BCUT2D eigenvalue weighted by molar-refractivity contribution is 0.0620. The Kier molecular flexibility index (Phi) is 5.05. The van der Waals surface area contributed by atoms with Crippen LogP contribution in [-0.4, -0.2) is 33.9 Å². The van der Waals surface area contributed by atoms with Gasteiger partial charge in [0.05, 0.1) is 11.6 Å². The molecule has 7 heteroatoms. The summed E-state index contributed by atoms with van der Waals surface area (Å²) in [6.45, 7) is 3.05. The first-order valence-electron chi connectivity index (χ1n) is 9.62. The molecule has 1 N–H and O–H groups in total. The molecule has 6 nitrogen and oxygen atoms in total. The molecule has 3 aromatic rings. The average Bonchev–Trinajstić information content (AvgIpc) is 3.19. The summed E-state index contributed by atoms with van der Waals surface area (Å²) in [6.07, 6.45) is 3.57. The Morgan fingerprint density at radius 3 is 2.90 bits per heavy atom. The fourth-order valence-corrected chi connectivity index (χ4v) is 3.83. The number of carbonyl (C=O) groups excluding carboxylic acids is 1. The molecule has 1 saturated heterocycles. The molecule has 1 atom stereocenters.